The van der Waals surface area contributed by atoms with E-state index in [4.69, 9.17) is 4.74 Å². The van der Waals surface area contributed by atoms with Gasteiger partial charge >= 0.3 is 11.6 Å². The summed E-state index contributed by atoms with van der Waals surface area (Å²) < 4.78 is 7.38. The SMILES string of the molecule is O=[N+]([O-])c1ccc2[n+](c1)CCC(CBr)O2.[Br-]. The molecule has 0 radical (unpaired) electrons. The van der Waals surface area contributed by atoms with E-state index in [0.29, 0.717) is 5.88 Å². The number of halogens is 2. The molecule has 5 nitrogen and oxygen atoms in total. The summed E-state index contributed by atoms with van der Waals surface area (Å²) in [4.78, 5) is 10.2. The van der Waals surface area contributed by atoms with Crippen molar-refractivity contribution in [3.8, 4) is 5.88 Å². The van der Waals surface area contributed by atoms with Gasteiger partial charge in [-0.1, -0.05) is 15.9 Å². The number of nitro groups is 1. The summed E-state index contributed by atoms with van der Waals surface area (Å²) in [7, 11) is 0. The monoisotopic (exact) mass is 352 g/mol. The number of aromatic nitrogens is 1. The van der Waals surface area contributed by atoms with Gasteiger partial charge in [0.05, 0.1) is 11.0 Å². The molecule has 0 aromatic carbocycles. The number of ether oxygens (including phenoxy) is 1. The van der Waals surface area contributed by atoms with Crippen LogP contribution in [0.15, 0.2) is 18.3 Å². The van der Waals surface area contributed by atoms with E-state index < -0.39 is 4.92 Å². The lowest BCUT2D eigenvalue weighted by molar-refractivity contribution is -0.714. The fourth-order valence-electron chi connectivity index (χ4n) is 1.53. The number of nitrogens with zero attached hydrogens (tertiary/aromatic N) is 2. The standard InChI is InChI=1S/C9H10BrN2O3.BrH/c10-5-8-3-4-11-6-7(12(13)14)1-2-9(11)15-8;/h1-2,6,8H,3-5H2;1H/q+1;/p-1. The Bertz CT molecular complexity index is 400. The largest absolute Gasteiger partial charge is 1.00 e. The van der Waals surface area contributed by atoms with Crippen LogP contribution in [0.4, 0.5) is 5.69 Å². The van der Waals surface area contributed by atoms with Gasteiger partial charge in [-0.3, -0.25) is 10.1 Å². The molecule has 0 fully saturated rings. The average molecular weight is 354 g/mol. The van der Waals surface area contributed by atoms with Crippen LogP contribution in [0.25, 0.3) is 0 Å². The maximum atomic E-state index is 10.6. The van der Waals surface area contributed by atoms with Gasteiger partial charge in [0.15, 0.2) is 6.54 Å². The fourth-order valence-corrected chi connectivity index (χ4v) is 1.99. The summed E-state index contributed by atoms with van der Waals surface area (Å²) in [5.41, 5.74) is 0.0969. The second kappa shape index (κ2) is 5.58. The van der Waals surface area contributed by atoms with Crippen LogP contribution < -0.4 is 26.3 Å². The first-order valence-electron chi connectivity index (χ1n) is 4.61. The maximum Gasteiger partial charge on any atom is 0.368 e. The van der Waals surface area contributed by atoms with Crippen molar-refractivity contribution < 1.29 is 31.2 Å². The molecule has 1 aromatic rings. The summed E-state index contributed by atoms with van der Waals surface area (Å²) >= 11 is 3.36. The number of rotatable bonds is 2. The molecule has 0 spiro atoms. The van der Waals surface area contributed by atoms with E-state index in [9.17, 15) is 10.1 Å². The molecule has 0 N–H and O–H groups in total. The van der Waals surface area contributed by atoms with E-state index in [-0.39, 0.29) is 28.8 Å². The van der Waals surface area contributed by atoms with Crippen LogP contribution in [0, 0.1) is 10.1 Å². The highest BCUT2D eigenvalue weighted by Gasteiger charge is 2.27. The predicted molar refractivity (Wildman–Crippen MR) is 56.1 cm³/mol. The van der Waals surface area contributed by atoms with E-state index in [1.54, 1.807) is 10.6 Å². The summed E-state index contributed by atoms with van der Waals surface area (Å²) in [6.45, 7) is 0.757. The van der Waals surface area contributed by atoms with Crippen molar-refractivity contribution in [3.05, 3.63) is 28.4 Å². The zero-order chi connectivity index (χ0) is 10.8. The van der Waals surface area contributed by atoms with Crippen LogP contribution in [-0.4, -0.2) is 16.4 Å². The number of fused-ring (bicyclic) bond motifs is 1. The summed E-state index contributed by atoms with van der Waals surface area (Å²) in [6, 6.07) is 3.11. The third kappa shape index (κ3) is 2.70. The van der Waals surface area contributed by atoms with Gasteiger partial charge in [0.2, 0.25) is 6.20 Å². The van der Waals surface area contributed by atoms with Gasteiger partial charge in [0.1, 0.15) is 6.10 Å². The third-order valence-corrected chi connectivity index (χ3v) is 3.05. The molecular weight excluding hydrogens is 344 g/mol. The lowest BCUT2D eigenvalue weighted by atomic mass is 10.2. The Morgan fingerprint density at radius 3 is 3.00 bits per heavy atom. The Labute approximate surface area is 111 Å². The molecule has 0 saturated heterocycles. The minimum Gasteiger partial charge on any atom is -1.00 e. The van der Waals surface area contributed by atoms with Gasteiger partial charge in [0, 0.05) is 17.8 Å². The molecule has 7 heteroatoms. The van der Waals surface area contributed by atoms with Crippen molar-refractivity contribution in [3.63, 3.8) is 0 Å². The summed E-state index contributed by atoms with van der Waals surface area (Å²) in [6.07, 6.45) is 2.54. The highest BCUT2D eigenvalue weighted by molar-refractivity contribution is 9.09. The van der Waals surface area contributed by atoms with Crippen molar-refractivity contribution in [2.24, 2.45) is 0 Å². The van der Waals surface area contributed by atoms with Crippen molar-refractivity contribution >= 4 is 21.6 Å². The van der Waals surface area contributed by atoms with E-state index >= 15 is 0 Å². The summed E-state index contributed by atoms with van der Waals surface area (Å²) in [5.74, 6) is 0.691. The zero-order valence-corrected chi connectivity index (χ0v) is 11.5. The maximum absolute atomic E-state index is 10.6. The van der Waals surface area contributed by atoms with Gasteiger partial charge in [0.25, 0.3) is 0 Å². The molecule has 16 heavy (non-hydrogen) atoms. The minimum absolute atomic E-state index is 0. The van der Waals surface area contributed by atoms with Crippen LogP contribution in [0.3, 0.4) is 0 Å². The number of pyridine rings is 1. The number of hydrogen-bond acceptors (Lipinski definition) is 3. The number of hydrogen-bond donors (Lipinski definition) is 0. The molecular formula is C9H10Br2N2O3. The lowest BCUT2D eigenvalue weighted by Crippen LogP contribution is -3.00. The van der Waals surface area contributed by atoms with Crippen LogP contribution >= 0.6 is 15.9 Å². The predicted octanol–water partition coefficient (Wildman–Crippen LogP) is -1.57. The molecule has 1 aliphatic heterocycles. The number of alkyl halides is 1. The van der Waals surface area contributed by atoms with Crippen molar-refractivity contribution in [2.75, 3.05) is 5.33 Å². The van der Waals surface area contributed by atoms with Gasteiger partial charge < -0.3 is 21.7 Å². The van der Waals surface area contributed by atoms with Crippen molar-refractivity contribution in [2.45, 2.75) is 19.1 Å². The molecule has 1 aromatic heterocycles. The third-order valence-electron chi connectivity index (χ3n) is 2.33. The Morgan fingerprint density at radius 1 is 1.62 bits per heavy atom. The van der Waals surface area contributed by atoms with E-state index in [1.807, 2.05) is 0 Å². The minimum atomic E-state index is -0.399. The molecule has 1 atom stereocenters. The Balaban J connectivity index is 0.00000128. The van der Waals surface area contributed by atoms with Crippen molar-refractivity contribution in [1.82, 2.24) is 0 Å². The molecule has 0 saturated carbocycles. The first-order chi connectivity index (χ1) is 7.20. The van der Waals surface area contributed by atoms with E-state index in [0.717, 1.165) is 18.3 Å². The Hall–Kier alpha value is -0.690. The highest BCUT2D eigenvalue weighted by atomic mass is 79.9. The van der Waals surface area contributed by atoms with Crippen LogP contribution in [0.5, 0.6) is 5.88 Å². The van der Waals surface area contributed by atoms with Gasteiger partial charge in [-0.25, -0.2) is 0 Å². The van der Waals surface area contributed by atoms with Crippen LogP contribution in [-0.2, 0) is 6.54 Å². The molecule has 1 unspecified atom stereocenters. The van der Waals surface area contributed by atoms with Crippen LogP contribution in [0.1, 0.15) is 6.42 Å². The second-order valence-corrected chi connectivity index (χ2v) is 4.01. The molecule has 0 aliphatic carbocycles. The van der Waals surface area contributed by atoms with Gasteiger partial charge in [-0.05, 0) is 0 Å². The van der Waals surface area contributed by atoms with E-state index in [1.165, 1.54) is 12.3 Å². The molecule has 88 valence electrons. The summed E-state index contributed by atoms with van der Waals surface area (Å²) in [5, 5.41) is 11.3. The highest BCUT2D eigenvalue weighted by Crippen LogP contribution is 2.18. The quantitative estimate of drug-likeness (QED) is 0.279. The Morgan fingerprint density at radius 2 is 2.38 bits per heavy atom. The van der Waals surface area contributed by atoms with E-state index in [2.05, 4.69) is 15.9 Å². The smallest absolute Gasteiger partial charge is 0.368 e. The van der Waals surface area contributed by atoms with Crippen LogP contribution in [0.2, 0.25) is 0 Å². The normalized spacial score (nSPS) is 17.9. The van der Waals surface area contributed by atoms with Gasteiger partial charge in [-0.15, -0.1) is 0 Å². The zero-order valence-electron chi connectivity index (χ0n) is 8.31. The average Bonchev–Trinajstić information content (AvgIpc) is 2.27. The lowest BCUT2D eigenvalue weighted by Gasteiger charge is -2.18. The first-order valence-corrected chi connectivity index (χ1v) is 5.73. The second-order valence-electron chi connectivity index (χ2n) is 3.36. The molecule has 0 bridgehead atoms. The molecule has 1 aliphatic rings. The Kier molecular flexibility index (Phi) is 4.67. The topological polar surface area (TPSA) is 56.2 Å². The number of aryl methyl sites for hydroxylation is 1. The molecule has 0 amide bonds. The fraction of sp³-hybridized carbons (Fsp3) is 0.444. The first kappa shape index (κ1) is 13.4. The van der Waals surface area contributed by atoms with Gasteiger partial charge in [-0.2, -0.15) is 4.57 Å². The van der Waals surface area contributed by atoms with Crippen molar-refractivity contribution in [1.29, 1.82) is 0 Å². The molecule has 2 rings (SSSR count). The molecule has 2 heterocycles.